The van der Waals surface area contributed by atoms with Gasteiger partial charge in [0.15, 0.2) is 11.9 Å². The van der Waals surface area contributed by atoms with Crippen LogP contribution in [0.1, 0.15) is 12.6 Å². The highest BCUT2D eigenvalue weighted by atomic mass is 127. The summed E-state index contributed by atoms with van der Waals surface area (Å²) in [4.78, 5) is 0. The van der Waals surface area contributed by atoms with E-state index in [-0.39, 0.29) is 24.0 Å². The third-order valence-corrected chi connectivity index (χ3v) is 1.52. The monoisotopic (exact) mass is 249 g/mol. The van der Waals surface area contributed by atoms with E-state index in [4.69, 9.17) is 0 Å². The maximum absolute atomic E-state index is 2.16. The molecule has 0 saturated heterocycles. The number of aryl methyl sites for hydroxylation is 2. The van der Waals surface area contributed by atoms with Gasteiger partial charge in [-0.3, -0.25) is 0 Å². The molecule has 2 heteroatoms. The summed E-state index contributed by atoms with van der Waals surface area (Å²) in [5, 5.41) is 0. The van der Waals surface area contributed by atoms with Crippen molar-refractivity contribution in [3.8, 4) is 0 Å². The third kappa shape index (κ3) is 2.25. The molecule has 0 unspecified atom stereocenters. The molecule has 10 heavy (non-hydrogen) atoms. The highest BCUT2D eigenvalue weighted by Crippen LogP contribution is 1.89. The summed E-state index contributed by atoms with van der Waals surface area (Å²) < 4.78 is 2.14. The Morgan fingerprint density at radius 2 is 2.10 bits per heavy atom. The molecule has 0 aliphatic heterocycles. The minimum absolute atomic E-state index is 0. The molecule has 0 atom stereocenters. The van der Waals surface area contributed by atoms with E-state index in [0.717, 1.165) is 6.42 Å². The van der Waals surface area contributed by atoms with Gasteiger partial charge in [-0.15, -0.1) is 0 Å². The van der Waals surface area contributed by atoms with Gasteiger partial charge in [-0.05, 0) is 0 Å². The maximum Gasteiger partial charge on any atom is 0.180 e. The Kier molecular flexibility index (Phi) is 4.60. The Morgan fingerprint density at radius 1 is 1.40 bits per heavy atom. The fraction of sp³-hybridized carbons (Fsp3) is 0.375. The molecule has 0 fully saturated rings. The number of hydrogen-bond acceptors (Lipinski definition) is 0. The fourth-order valence-corrected chi connectivity index (χ4v) is 0.926. The average Bonchev–Trinajstić information content (AvgIpc) is 1.89. The second-order valence-electron chi connectivity index (χ2n) is 2.16. The first-order valence-corrected chi connectivity index (χ1v) is 3.28. The number of nitrogens with zero attached hydrogens (tertiary/aromatic N) is 1. The highest BCUT2D eigenvalue weighted by molar-refractivity contribution is 4.96. The van der Waals surface area contributed by atoms with Crippen molar-refractivity contribution in [1.82, 2.24) is 0 Å². The van der Waals surface area contributed by atoms with Crippen molar-refractivity contribution >= 4 is 0 Å². The van der Waals surface area contributed by atoms with E-state index in [1.807, 2.05) is 6.07 Å². The van der Waals surface area contributed by atoms with E-state index in [9.17, 15) is 0 Å². The van der Waals surface area contributed by atoms with Crippen LogP contribution in [0.4, 0.5) is 0 Å². The van der Waals surface area contributed by atoms with E-state index in [0.29, 0.717) is 0 Å². The van der Waals surface area contributed by atoms with Crippen molar-refractivity contribution in [2.45, 2.75) is 13.3 Å². The zero-order chi connectivity index (χ0) is 6.69. The van der Waals surface area contributed by atoms with Gasteiger partial charge < -0.3 is 24.0 Å². The summed E-state index contributed by atoms with van der Waals surface area (Å²) in [7, 11) is 2.07. The molecular formula is C8H12IN. The predicted octanol–water partition coefficient (Wildman–Crippen LogP) is -1.92. The molecule has 0 amide bonds. The van der Waals surface area contributed by atoms with Gasteiger partial charge in [0.1, 0.15) is 7.05 Å². The maximum atomic E-state index is 2.16. The van der Waals surface area contributed by atoms with Gasteiger partial charge in [-0.1, -0.05) is 13.0 Å². The standard InChI is InChI=1S/C8H12N.HI/c1-3-8-6-4-5-7-9(8)2;/h4-7H,3H2,1-2H3;1H/q+1;/p-1. The van der Waals surface area contributed by atoms with Crippen LogP contribution in [0.15, 0.2) is 24.4 Å². The summed E-state index contributed by atoms with van der Waals surface area (Å²) in [5.41, 5.74) is 1.37. The van der Waals surface area contributed by atoms with Gasteiger partial charge in [0.05, 0.1) is 0 Å². The Labute approximate surface area is 79.1 Å². The number of aromatic nitrogens is 1. The highest BCUT2D eigenvalue weighted by Gasteiger charge is 1.97. The zero-order valence-electron chi connectivity index (χ0n) is 6.34. The Bertz CT molecular complexity index is 198. The molecule has 0 aliphatic carbocycles. The molecule has 56 valence electrons. The molecule has 1 aromatic rings. The fourth-order valence-electron chi connectivity index (χ4n) is 0.926. The van der Waals surface area contributed by atoms with E-state index in [1.54, 1.807) is 0 Å². The minimum Gasteiger partial charge on any atom is -1.00 e. The number of pyridine rings is 1. The van der Waals surface area contributed by atoms with Crippen molar-refractivity contribution in [2.75, 3.05) is 0 Å². The SMILES string of the molecule is CCc1cccc[n+]1C.[I-]. The smallest absolute Gasteiger partial charge is 0.180 e. The van der Waals surface area contributed by atoms with Crippen molar-refractivity contribution in [2.24, 2.45) is 7.05 Å². The lowest BCUT2D eigenvalue weighted by Crippen LogP contribution is -3.00. The first-order valence-electron chi connectivity index (χ1n) is 3.28. The van der Waals surface area contributed by atoms with E-state index >= 15 is 0 Å². The van der Waals surface area contributed by atoms with Crippen molar-refractivity contribution < 1.29 is 28.5 Å². The van der Waals surface area contributed by atoms with Crippen LogP contribution >= 0.6 is 0 Å². The van der Waals surface area contributed by atoms with Gasteiger partial charge in [0.2, 0.25) is 0 Å². The topological polar surface area (TPSA) is 3.88 Å². The molecule has 0 spiro atoms. The Morgan fingerprint density at radius 3 is 2.50 bits per heavy atom. The number of hydrogen-bond donors (Lipinski definition) is 0. The van der Waals surface area contributed by atoms with Gasteiger partial charge in [0.25, 0.3) is 0 Å². The van der Waals surface area contributed by atoms with Crippen LogP contribution in [0.5, 0.6) is 0 Å². The molecule has 0 aliphatic rings. The normalized spacial score (nSPS) is 8.60. The van der Waals surface area contributed by atoms with E-state index in [2.05, 4.69) is 36.9 Å². The van der Waals surface area contributed by atoms with Crippen LogP contribution in [0.2, 0.25) is 0 Å². The third-order valence-electron chi connectivity index (χ3n) is 1.52. The van der Waals surface area contributed by atoms with Gasteiger partial charge in [-0.25, -0.2) is 4.57 Å². The summed E-state index contributed by atoms with van der Waals surface area (Å²) in [6.07, 6.45) is 3.18. The molecule has 0 saturated carbocycles. The minimum atomic E-state index is 0. The van der Waals surface area contributed by atoms with Crippen LogP contribution in [0.25, 0.3) is 0 Å². The predicted molar refractivity (Wildman–Crippen MR) is 37.0 cm³/mol. The van der Waals surface area contributed by atoms with Gasteiger partial charge >= 0.3 is 0 Å². The summed E-state index contributed by atoms with van der Waals surface area (Å²) in [6.45, 7) is 2.16. The number of halogens is 1. The first kappa shape index (κ1) is 9.88. The average molecular weight is 249 g/mol. The molecule has 0 radical (unpaired) electrons. The largest absolute Gasteiger partial charge is 1.00 e. The molecule has 0 aromatic carbocycles. The second-order valence-corrected chi connectivity index (χ2v) is 2.16. The van der Waals surface area contributed by atoms with Crippen molar-refractivity contribution in [3.05, 3.63) is 30.1 Å². The summed E-state index contributed by atoms with van der Waals surface area (Å²) in [6, 6.07) is 6.25. The molecule has 0 N–H and O–H groups in total. The van der Waals surface area contributed by atoms with Crippen molar-refractivity contribution in [3.63, 3.8) is 0 Å². The van der Waals surface area contributed by atoms with E-state index < -0.39 is 0 Å². The molecule has 0 bridgehead atoms. The summed E-state index contributed by atoms with van der Waals surface area (Å²) >= 11 is 0. The van der Waals surface area contributed by atoms with Crippen molar-refractivity contribution in [1.29, 1.82) is 0 Å². The lowest BCUT2D eigenvalue weighted by Gasteiger charge is -1.91. The molecule has 1 nitrogen and oxygen atoms in total. The second kappa shape index (κ2) is 4.66. The zero-order valence-corrected chi connectivity index (χ0v) is 8.50. The van der Waals surface area contributed by atoms with Crippen LogP contribution < -0.4 is 28.5 Å². The Hall–Kier alpha value is -0.120. The number of rotatable bonds is 1. The Balaban J connectivity index is 0.000000810. The lowest BCUT2D eigenvalue weighted by molar-refractivity contribution is -0.679. The first-order chi connectivity index (χ1) is 4.34. The lowest BCUT2D eigenvalue weighted by atomic mass is 10.3. The van der Waals surface area contributed by atoms with Crippen LogP contribution in [-0.4, -0.2) is 0 Å². The molecule has 1 aromatic heterocycles. The molecular weight excluding hydrogens is 237 g/mol. The van der Waals surface area contributed by atoms with Crippen LogP contribution in [0, 0.1) is 0 Å². The van der Waals surface area contributed by atoms with E-state index in [1.165, 1.54) is 5.69 Å². The van der Waals surface area contributed by atoms with Crippen LogP contribution in [-0.2, 0) is 13.5 Å². The quantitative estimate of drug-likeness (QED) is 0.403. The molecule has 1 rings (SSSR count). The molecule has 1 heterocycles. The van der Waals surface area contributed by atoms with Gasteiger partial charge in [0, 0.05) is 18.6 Å². The van der Waals surface area contributed by atoms with Gasteiger partial charge in [-0.2, -0.15) is 0 Å². The van der Waals surface area contributed by atoms with Crippen LogP contribution in [0.3, 0.4) is 0 Å². The summed E-state index contributed by atoms with van der Waals surface area (Å²) in [5.74, 6) is 0.